The third kappa shape index (κ3) is 9.12. The molecule has 333 valence electrons. The van der Waals surface area contributed by atoms with E-state index < -0.39 is 13.3 Å². The Morgan fingerprint density at radius 2 is 1.36 bits per heavy atom. The van der Waals surface area contributed by atoms with Gasteiger partial charge in [0.05, 0.1) is 28.1 Å². The summed E-state index contributed by atoms with van der Waals surface area (Å²) in [6.45, 7) is 15.3. The van der Waals surface area contributed by atoms with Crippen LogP contribution in [-0.4, -0.2) is 32.8 Å². The molecule has 0 unspecified atom stereocenters. The van der Waals surface area contributed by atoms with Gasteiger partial charge in [0, 0.05) is 36.7 Å². The summed E-state index contributed by atoms with van der Waals surface area (Å²) in [6.07, 6.45) is 3.27. The van der Waals surface area contributed by atoms with E-state index in [1.165, 1.54) is 38.9 Å². The van der Waals surface area contributed by atoms with Gasteiger partial charge in [-0.05, 0) is 97.5 Å². The minimum absolute atomic E-state index is 0. The average molecular weight is 1100 g/mol. The number of rotatable bonds is 8. The summed E-state index contributed by atoms with van der Waals surface area (Å²) in [5, 5.41) is 2.04. The van der Waals surface area contributed by atoms with Crippen LogP contribution in [0, 0.1) is 52.7 Å². The predicted molar refractivity (Wildman–Crippen MR) is 275 cm³/mol. The van der Waals surface area contributed by atoms with Crippen molar-refractivity contribution in [3.05, 3.63) is 185 Å². The Labute approximate surface area is 406 Å². The van der Waals surface area contributed by atoms with Crippen LogP contribution in [0.15, 0.2) is 144 Å². The third-order valence-electron chi connectivity index (χ3n) is 12.4. The summed E-state index contributed by atoms with van der Waals surface area (Å²) in [5.74, 6) is 8.79. The Bertz CT molecular complexity index is 3320. The van der Waals surface area contributed by atoms with E-state index in [0.29, 0.717) is 11.6 Å². The van der Waals surface area contributed by atoms with Crippen LogP contribution in [0.25, 0.3) is 83.8 Å². The van der Waals surface area contributed by atoms with Crippen molar-refractivity contribution in [2.75, 3.05) is 0 Å². The number of pyridine rings is 2. The number of para-hydroxylation sites is 2. The van der Waals surface area contributed by atoms with Crippen molar-refractivity contribution >= 4 is 50.8 Å². The Balaban J connectivity index is 0.000000238. The fourth-order valence-electron chi connectivity index (χ4n) is 9.39. The smallest absolute Gasteiger partial charge is 0.216 e. The van der Waals surface area contributed by atoms with Crippen molar-refractivity contribution in [2.24, 2.45) is 5.92 Å². The fourth-order valence-corrected chi connectivity index (χ4v) is 12.7. The Morgan fingerprint density at radius 1 is 0.667 bits per heavy atom. The maximum absolute atomic E-state index is 6.69. The first-order valence-electron chi connectivity index (χ1n) is 22.7. The fraction of sp³-hybridized carbons (Fsp3) is 0.203. The number of imidazole rings is 1. The SMILES string of the molecule is CC(C)Cc1cc(-c2[c-]cccc2)nc[c]1[Ge]([CH3])([CH3])[CH3].Cc1cccc(C)c1-c1ccc2c(n1)oc1c(-c3nc4ccccc4n3-c3c(C)cc(-c4ccccc4)cc3C)[c-]cc(C)c12.[Ir]. The van der Waals surface area contributed by atoms with Crippen LogP contribution in [0.1, 0.15) is 47.2 Å². The van der Waals surface area contributed by atoms with Gasteiger partial charge in [-0.15, -0.1) is 17.7 Å². The first-order valence-corrected chi connectivity index (χ1v) is 30.0. The van der Waals surface area contributed by atoms with E-state index in [0.717, 1.165) is 79.0 Å². The molecule has 10 aromatic rings. The zero-order valence-corrected chi connectivity index (χ0v) is 44.1. The number of hydrogen-bond donors (Lipinski definition) is 0. The van der Waals surface area contributed by atoms with Gasteiger partial charge in [0.15, 0.2) is 0 Å². The van der Waals surface area contributed by atoms with E-state index in [9.17, 15) is 0 Å². The number of nitrogens with zero attached hydrogens (tertiary/aromatic N) is 4. The molecule has 0 saturated carbocycles. The van der Waals surface area contributed by atoms with Crippen LogP contribution in [0.2, 0.25) is 17.3 Å². The number of aryl methyl sites for hydroxylation is 5. The monoisotopic (exact) mass is 1100 g/mol. The Morgan fingerprint density at radius 3 is 2.05 bits per heavy atom. The second-order valence-electron chi connectivity index (χ2n) is 18.9. The maximum atomic E-state index is 6.69. The quantitative estimate of drug-likeness (QED) is 0.112. The molecule has 4 heterocycles. The molecular weight excluding hydrogens is 1050 g/mol. The van der Waals surface area contributed by atoms with Crippen LogP contribution < -0.4 is 4.40 Å². The van der Waals surface area contributed by atoms with Gasteiger partial charge in [0.25, 0.3) is 0 Å². The van der Waals surface area contributed by atoms with Crippen LogP contribution in [0.4, 0.5) is 0 Å². The van der Waals surface area contributed by atoms with Crippen molar-refractivity contribution < 1.29 is 24.5 Å². The minimum Gasteiger partial charge on any atom is -0.486 e. The van der Waals surface area contributed by atoms with E-state index in [-0.39, 0.29) is 20.1 Å². The molecule has 0 fully saturated rings. The van der Waals surface area contributed by atoms with Crippen LogP contribution >= 0.6 is 0 Å². The summed E-state index contributed by atoms with van der Waals surface area (Å²) in [5.41, 5.74) is 19.2. The zero-order valence-electron chi connectivity index (χ0n) is 39.6. The molecule has 4 aromatic heterocycles. The van der Waals surface area contributed by atoms with Gasteiger partial charge in [0.2, 0.25) is 5.71 Å². The minimum atomic E-state index is -1.86. The molecular formula is C59H56GeIrN4O-2. The van der Waals surface area contributed by atoms with Crippen molar-refractivity contribution in [1.82, 2.24) is 19.5 Å². The van der Waals surface area contributed by atoms with Crippen molar-refractivity contribution in [3.8, 4) is 50.7 Å². The average Bonchev–Trinajstić information content (AvgIpc) is 3.86. The molecule has 1 radical (unpaired) electrons. The van der Waals surface area contributed by atoms with Gasteiger partial charge in [-0.2, -0.15) is 0 Å². The molecule has 5 nitrogen and oxygen atoms in total. The zero-order chi connectivity index (χ0) is 45.6. The summed E-state index contributed by atoms with van der Waals surface area (Å²) in [6, 6.07) is 53.3. The van der Waals surface area contributed by atoms with Crippen LogP contribution in [-0.2, 0) is 26.5 Å². The van der Waals surface area contributed by atoms with Gasteiger partial charge in [-0.3, -0.25) is 4.98 Å². The molecule has 6 aromatic carbocycles. The largest absolute Gasteiger partial charge is 0.486 e. The summed E-state index contributed by atoms with van der Waals surface area (Å²) < 4.78 is 10.5. The van der Waals surface area contributed by atoms with Gasteiger partial charge < -0.3 is 8.98 Å². The topological polar surface area (TPSA) is 56.7 Å². The van der Waals surface area contributed by atoms with Crippen molar-refractivity contribution in [2.45, 2.75) is 72.2 Å². The molecule has 0 aliphatic heterocycles. The molecule has 10 rings (SSSR count). The second-order valence-corrected chi connectivity index (χ2v) is 29.5. The van der Waals surface area contributed by atoms with E-state index in [1.807, 2.05) is 30.3 Å². The summed E-state index contributed by atoms with van der Waals surface area (Å²) in [4.78, 5) is 15.0. The van der Waals surface area contributed by atoms with Gasteiger partial charge in [0.1, 0.15) is 0 Å². The molecule has 0 aliphatic rings. The third-order valence-corrected chi connectivity index (χ3v) is 16.7. The van der Waals surface area contributed by atoms with Gasteiger partial charge in [-0.1, -0.05) is 78.5 Å². The maximum Gasteiger partial charge on any atom is 0.216 e. The second kappa shape index (κ2) is 19.1. The molecule has 0 atom stereocenters. The number of fused-ring (bicyclic) bond motifs is 4. The number of benzene rings is 6. The standard InChI is InChI=1S/C41H32N3O.C18H24GeN.Ir/c1-24-12-11-13-25(2)36(24)34-21-20-31-37-26(3)18-19-32(39(37)45-41(31)43-34)40-42-33-16-9-10-17-35(33)44(40)38-27(4)22-30(23-28(38)5)29-14-7-6-8-15-29;1-14(2)11-16-12-18(15-9-7-6-8-10-15)20-13-17(16)19(3,4)5;/h6-18,20-23H,1-5H3;6-9,12-14H,11H2,1-5H3;/q2*-1;. The van der Waals surface area contributed by atoms with Crippen LogP contribution in [0.5, 0.6) is 0 Å². The van der Waals surface area contributed by atoms with E-state index in [1.54, 1.807) is 4.40 Å². The van der Waals surface area contributed by atoms with Crippen molar-refractivity contribution in [3.63, 3.8) is 0 Å². The molecule has 7 heteroatoms. The molecule has 0 bridgehead atoms. The number of furan rings is 1. The van der Waals surface area contributed by atoms with Crippen LogP contribution in [0.3, 0.4) is 0 Å². The predicted octanol–water partition coefficient (Wildman–Crippen LogP) is 15.0. The number of hydrogen-bond acceptors (Lipinski definition) is 4. The molecule has 66 heavy (non-hydrogen) atoms. The normalized spacial score (nSPS) is 11.6. The van der Waals surface area contributed by atoms with Gasteiger partial charge >= 0.3 is 126 Å². The molecule has 0 amide bonds. The Kier molecular flexibility index (Phi) is 13.5. The first kappa shape index (κ1) is 46.6. The van der Waals surface area contributed by atoms with E-state index >= 15 is 0 Å². The molecule has 0 saturated heterocycles. The van der Waals surface area contributed by atoms with E-state index in [2.05, 4.69) is 192 Å². The summed E-state index contributed by atoms with van der Waals surface area (Å²) in [7, 11) is 0. The van der Waals surface area contributed by atoms with E-state index in [4.69, 9.17) is 19.4 Å². The van der Waals surface area contributed by atoms with Crippen molar-refractivity contribution in [1.29, 1.82) is 0 Å². The molecule has 0 N–H and O–H groups in total. The van der Waals surface area contributed by atoms with Gasteiger partial charge in [-0.25, -0.2) is 4.98 Å². The summed E-state index contributed by atoms with van der Waals surface area (Å²) >= 11 is -1.86. The Hall–Kier alpha value is -5.92. The first-order chi connectivity index (χ1) is 31.3. The molecule has 0 spiro atoms. The number of aromatic nitrogens is 4. The molecule has 0 aliphatic carbocycles.